The third kappa shape index (κ3) is 1.28. The fourth-order valence-corrected chi connectivity index (χ4v) is 1.36. The van der Waals surface area contributed by atoms with Crippen molar-refractivity contribution < 1.29 is 4.79 Å². The molecule has 0 aliphatic rings. The summed E-state index contributed by atoms with van der Waals surface area (Å²) in [5.41, 5.74) is 7.06. The van der Waals surface area contributed by atoms with E-state index in [1.54, 1.807) is 6.07 Å². The minimum Gasteiger partial charge on any atom is -0.382 e. The van der Waals surface area contributed by atoms with E-state index in [1.807, 2.05) is 12.1 Å². The van der Waals surface area contributed by atoms with E-state index in [-0.39, 0.29) is 5.91 Å². The van der Waals surface area contributed by atoms with E-state index in [0.717, 1.165) is 10.9 Å². The van der Waals surface area contributed by atoms with Crippen LogP contribution in [0.4, 0.5) is 11.5 Å². The summed E-state index contributed by atoms with van der Waals surface area (Å²) in [6.07, 6.45) is 0. The molecule has 0 radical (unpaired) electrons. The Hall–Kier alpha value is -2.04. The molecule has 1 heterocycles. The van der Waals surface area contributed by atoms with E-state index in [9.17, 15) is 4.79 Å². The Balaban J connectivity index is 2.59. The average molecular weight is 190 g/mol. The average Bonchev–Trinajstić information content (AvgIpc) is 2.49. The molecule has 0 saturated carbocycles. The van der Waals surface area contributed by atoms with Gasteiger partial charge in [0.2, 0.25) is 5.91 Å². The number of hydrogen-bond donors (Lipinski definition) is 3. The minimum atomic E-state index is -0.120. The van der Waals surface area contributed by atoms with Crippen molar-refractivity contribution in [1.82, 2.24) is 10.2 Å². The molecule has 5 heteroatoms. The molecule has 0 saturated heterocycles. The molecule has 1 amide bonds. The van der Waals surface area contributed by atoms with Gasteiger partial charge >= 0.3 is 0 Å². The maximum Gasteiger partial charge on any atom is 0.221 e. The smallest absolute Gasteiger partial charge is 0.221 e. The van der Waals surface area contributed by atoms with Gasteiger partial charge < -0.3 is 11.1 Å². The fraction of sp³-hybridized carbons (Fsp3) is 0.111. The number of carbonyl (C=O) groups excluding carboxylic acids is 1. The molecule has 0 atom stereocenters. The first-order valence-corrected chi connectivity index (χ1v) is 4.18. The van der Waals surface area contributed by atoms with Crippen molar-refractivity contribution in [2.45, 2.75) is 6.92 Å². The third-order valence-electron chi connectivity index (χ3n) is 1.94. The Bertz CT molecular complexity index is 489. The van der Waals surface area contributed by atoms with Crippen LogP contribution >= 0.6 is 0 Å². The summed E-state index contributed by atoms with van der Waals surface area (Å²) in [7, 11) is 0. The second-order valence-electron chi connectivity index (χ2n) is 3.02. The number of benzene rings is 1. The molecule has 2 aromatic rings. The molecule has 0 aliphatic carbocycles. The second kappa shape index (κ2) is 3.02. The highest BCUT2D eigenvalue weighted by atomic mass is 16.1. The maximum atomic E-state index is 10.9. The van der Waals surface area contributed by atoms with Crippen LogP contribution in [-0.4, -0.2) is 16.1 Å². The molecule has 1 aromatic heterocycles. The predicted molar refractivity (Wildman–Crippen MR) is 54.8 cm³/mol. The number of anilines is 2. The van der Waals surface area contributed by atoms with E-state index in [4.69, 9.17) is 5.73 Å². The summed E-state index contributed by atoms with van der Waals surface area (Å²) >= 11 is 0. The summed E-state index contributed by atoms with van der Waals surface area (Å²) in [4.78, 5) is 10.9. The van der Waals surface area contributed by atoms with Gasteiger partial charge in [0.1, 0.15) is 0 Å². The maximum absolute atomic E-state index is 10.9. The van der Waals surface area contributed by atoms with E-state index in [0.29, 0.717) is 11.5 Å². The Labute approximate surface area is 80.3 Å². The largest absolute Gasteiger partial charge is 0.382 e. The zero-order valence-corrected chi connectivity index (χ0v) is 7.66. The van der Waals surface area contributed by atoms with Gasteiger partial charge in [-0.25, -0.2) is 0 Å². The van der Waals surface area contributed by atoms with Crippen molar-refractivity contribution in [3.8, 4) is 0 Å². The summed E-state index contributed by atoms with van der Waals surface area (Å²) in [6, 6.07) is 5.46. The van der Waals surface area contributed by atoms with E-state index in [1.165, 1.54) is 6.92 Å². The number of nitrogens with one attached hydrogen (secondary N) is 2. The van der Waals surface area contributed by atoms with E-state index in [2.05, 4.69) is 15.5 Å². The number of para-hydroxylation sites is 1. The molecular formula is C9H10N4O. The van der Waals surface area contributed by atoms with Gasteiger partial charge in [0.05, 0.1) is 11.2 Å². The highest BCUT2D eigenvalue weighted by Crippen LogP contribution is 2.24. The summed E-state index contributed by atoms with van der Waals surface area (Å²) < 4.78 is 0. The van der Waals surface area contributed by atoms with Crippen molar-refractivity contribution in [2.24, 2.45) is 0 Å². The molecule has 72 valence electrons. The van der Waals surface area contributed by atoms with Gasteiger partial charge in [0.15, 0.2) is 5.82 Å². The normalized spacial score (nSPS) is 10.4. The van der Waals surface area contributed by atoms with E-state index < -0.39 is 0 Å². The number of carbonyl (C=O) groups is 1. The Morgan fingerprint density at radius 3 is 3.07 bits per heavy atom. The van der Waals surface area contributed by atoms with Crippen LogP contribution in [0.2, 0.25) is 0 Å². The number of aromatic amines is 1. The van der Waals surface area contributed by atoms with Gasteiger partial charge in [-0.2, -0.15) is 5.10 Å². The quantitative estimate of drug-likeness (QED) is 0.629. The highest BCUT2D eigenvalue weighted by Gasteiger charge is 2.06. The lowest BCUT2D eigenvalue weighted by Crippen LogP contribution is -2.05. The van der Waals surface area contributed by atoms with Crippen molar-refractivity contribution in [3.05, 3.63) is 18.2 Å². The standard InChI is InChI=1S/C9H10N4O/c1-5(14)11-7-4-2-3-6-8(7)12-13-9(6)10/h2-4H,1H3,(H,11,14)(H3,10,12,13). The molecule has 5 nitrogen and oxygen atoms in total. The van der Waals surface area contributed by atoms with Gasteiger partial charge in [0, 0.05) is 12.3 Å². The van der Waals surface area contributed by atoms with Crippen molar-refractivity contribution in [2.75, 3.05) is 11.1 Å². The SMILES string of the molecule is CC(=O)Nc1cccc2c(N)n[nH]c12. The second-order valence-corrected chi connectivity index (χ2v) is 3.02. The number of amides is 1. The number of nitrogens with zero attached hydrogens (tertiary/aromatic N) is 1. The number of H-pyrrole nitrogens is 1. The number of rotatable bonds is 1. The molecule has 0 bridgehead atoms. The van der Waals surface area contributed by atoms with Gasteiger partial charge in [-0.15, -0.1) is 0 Å². The van der Waals surface area contributed by atoms with Crippen LogP contribution in [0.5, 0.6) is 0 Å². The molecule has 14 heavy (non-hydrogen) atoms. The van der Waals surface area contributed by atoms with Gasteiger partial charge in [-0.1, -0.05) is 6.07 Å². The lowest BCUT2D eigenvalue weighted by Gasteiger charge is -2.02. The molecule has 0 aliphatic heterocycles. The lowest BCUT2D eigenvalue weighted by molar-refractivity contribution is -0.114. The Kier molecular flexibility index (Phi) is 1.85. The number of fused-ring (bicyclic) bond motifs is 1. The predicted octanol–water partition coefficient (Wildman–Crippen LogP) is 1.10. The van der Waals surface area contributed by atoms with Crippen molar-refractivity contribution in [1.29, 1.82) is 0 Å². The molecule has 0 unspecified atom stereocenters. The summed E-state index contributed by atoms with van der Waals surface area (Å²) in [5.74, 6) is 0.317. The van der Waals surface area contributed by atoms with E-state index >= 15 is 0 Å². The van der Waals surface area contributed by atoms with Crippen LogP contribution in [0, 0.1) is 0 Å². The molecule has 0 fully saturated rings. The van der Waals surface area contributed by atoms with Gasteiger partial charge in [-0.05, 0) is 12.1 Å². The molecular weight excluding hydrogens is 180 g/mol. The topological polar surface area (TPSA) is 83.8 Å². The first kappa shape index (κ1) is 8.55. The first-order chi connectivity index (χ1) is 6.68. The van der Waals surface area contributed by atoms with Crippen LogP contribution in [0.1, 0.15) is 6.92 Å². The Morgan fingerprint density at radius 2 is 2.36 bits per heavy atom. The van der Waals surface area contributed by atoms with Crippen LogP contribution in [0.3, 0.4) is 0 Å². The zero-order chi connectivity index (χ0) is 10.1. The number of hydrogen-bond acceptors (Lipinski definition) is 3. The highest BCUT2D eigenvalue weighted by molar-refractivity contribution is 6.02. The third-order valence-corrected chi connectivity index (χ3v) is 1.94. The van der Waals surface area contributed by atoms with Crippen LogP contribution < -0.4 is 11.1 Å². The fourth-order valence-electron chi connectivity index (χ4n) is 1.36. The minimum absolute atomic E-state index is 0.120. The lowest BCUT2D eigenvalue weighted by atomic mass is 10.2. The first-order valence-electron chi connectivity index (χ1n) is 4.18. The molecule has 2 rings (SSSR count). The van der Waals surface area contributed by atoms with Crippen LogP contribution in [0.25, 0.3) is 10.9 Å². The Morgan fingerprint density at radius 1 is 1.57 bits per heavy atom. The monoisotopic (exact) mass is 190 g/mol. The molecule has 0 spiro atoms. The van der Waals surface area contributed by atoms with Crippen LogP contribution in [-0.2, 0) is 4.79 Å². The molecule has 4 N–H and O–H groups in total. The number of nitrogens with two attached hydrogens (primary N) is 1. The van der Waals surface area contributed by atoms with Crippen LogP contribution in [0.15, 0.2) is 18.2 Å². The number of nitrogen functional groups attached to an aromatic ring is 1. The van der Waals surface area contributed by atoms with Gasteiger partial charge in [-0.3, -0.25) is 9.89 Å². The summed E-state index contributed by atoms with van der Waals surface area (Å²) in [5, 5.41) is 10.1. The van der Waals surface area contributed by atoms with Crippen molar-refractivity contribution >= 4 is 28.3 Å². The molecule has 1 aromatic carbocycles. The number of aromatic nitrogens is 2. The van der Waals surface area contributed by atoms with Crippen molar-refractivity contribution in [3.63, 3.8) is 0 Å². The zero-order valence-electron chi connectivity index (χ0n) is 7.66. The summed E-state index contributed by atoms with van der Waals surface area (Å²) in [6.45, 7) is 1.46. The van der Waals surface area contributed by atoms with Gasteiger partial charge in [0.25, 0.3) is 0 Å².